The summed E-state index contributed by atoms with van der Waals surface area (Å²) in [5.41, 5.74) is 3.93. The standard InChI is InChI=1S/C40H40N2O6/c43-37(41-35(27-47-39(41)45)25-31-17-9-3-10-18-31)33(23-29-13-5-1-6-14-29)21-22-34(24-30-15-7-2-8-16-30)38(44)42-36(28-48-40(42)46)26-32-19-11-4-12-20-32/h1-20,33-36H,21-28H2/t33-,34-,35+,36+/m1/s1. The van der Waals surface area contributed by atoms with Gasteiger partial charge in [-0.3, -0.25) is 9.59 Å². The molecule has 4 aromatic carbocycles. The number of amides is 4. The average Bonchev–Trinajstić information content (AvgIpc) is 3.67. The lowest BCUT2D eigenvalue weighted by atomic mass is 9.86. The Kier molecular flexibility index (Phi) is 10.6. The number of cyclic esters (lactones) is 2. The van der Waals surface area contributed by atoms with Crippen molar-refractivity contribution in [2.24, 2.45) is 11.8 Å². The highest BCUT2D eigenvalue weighted by atomic mass is 16.6. The maximum Gasteiger partial charge on any atom is 0.416 e. The Morgan fingerprint density at radius 1 is 0.521 bits per heavy atom. The van der Waals surface area contributed by atoms with Crippen LogP contribution in [0.1, 0.15) is 35.1 Å². The molecule has 0 unspecified atom stereocenters. The van der Waals surface area contributed by atoms with E-state index < -0.39 is 36.1 Å². The summed E-state index contributed by atoms with van der Waals surface area (Å²) < 4.78 is 10.8. The highest BCUT2D eigenvalue weighted by Crippen LogP contribution is 2.29. The second-order valence-corrected chi connectivity index (χ2v) is 12.6. The molecule has 0 spiro atoms. The zero-order valence-electron chi connectivity index (χ0n) is 26.9. The summed E-state index contributed by atoms with van der Waals surface area (Å²) in [6, 6.07) is 38.0. The average molecular weight is 645 g/mol. The zero-order valence-corrected chi connectivity index (χ0v) is 26.9. The molecular weight excluding hydrogens is 604 g/mol. The van der Waals surface area contributed by atoms with Crippen LogP contribution in [-0.4, -0.2) is 59.1 Å². The lowest BCUT2D eigenvalue weighted by Gasteiger charge is -2.28. The van der Waals surface area contributed by atoms with Crippen molar-refractivity contribution in [3.05, 3.63) is 144 Å². The van der Waals surface area contributed by atoms with Gasteiger partial charge in [0, 0.05) is 11.8 Å². The van der Waals surface area contributed by atoms with E-state index in [0.717, 1.165) is 22.3 Å². The SMILES string of the molecule is O=C1OC[C@H](Cc2ccccc2)N1C(=O)[C@H](CC[C@H](Cc1ccccc1)C(=O)N1C(=O)OC[C@@H]1Cc1ccccc1)Cc1ccccc1. The molecule has 2 heterocycles. The molecule has 0 radical (unpaired) electrons. The maximum atomic E-state index is 14.3. The minimum atomic E-state index is -0.639. The number of imide groups is 2. The van der Waals surface area contributed by atoms with E-state index in [2.05, 4.69) is 0 Å². The topological polar surface area (TPSA) is 93.2 Å². The maximum absolute atomic E-state index is 14.3. The van der Waals surface area contributed by atoms with Gasteiger partial charge in [0.05, 0.1) is 12.1 Å². The third-order valence-corrected chi connectivity index (χ3v) is 9.24. The summed E-state index contributed by atoms with van der Waals surface area (Å²) in [7, 11) is 0. The van der Waals surface area contributed by atoms with Crippen LogP contribution in [0.25, 0.3) is 0 Å². The van der Waals surface area contributed by atoms with Crippen molar-refractivity contribution in [3.8, 4) is 0 Å². The Morgan fingerprint density at radius 2 is 0.833 bits per heavy atom. The molecule has 2 aliphatic rings. The van der Waals surface area contributed by atoms with E-state index >= 15 is 0 Å². The first kappa shape index (κ1) is 32.7. The molecular formula is C40H40N2O6. The Morgan fingerprint density at radius 3 is 1.17 bits per heavy atom. The first-order chi connectivity index (χ1) is 23.5. The molecule has 8 nitrogen and oxygen atoms in total. The molecule has 8 heteroatoms. The van der Waals surface area contributed by atoms with Crippen LogP contribution in [0.3, 0.4) is 0 Å². The Labute approximate surface area is 281 Å². The molecule has 2 saturated heterocycles. The highest BCUT2D eigenvalue weighted by molar-refractivity contribution is 5.96. The molecule has 4 aromatic rings. The van der Waals surface area contributed by atoms with E-state index in [0.29, 0.717) is 38.5 Å². The van der Waals surface area contributed by atoms with Crippen molar-refractivity contribution in [1.82, 2.24) is 9.80 Å². The fraction of sp³-hybridized carbons (Fsp3) is 0.300. The number of ether oxygens (including phenoxy) is 2. The minimum Gasteiger partial charge on any atom is -0.447 e. The quantitative estimate of drug-likeness (QED) is 0.162. The van der Waals surface area contributed by atoms with Crippen molar-refractivity contribution in [1.29, 1.82) is 0 Å². The van der Waals surface area contributed by atoms with Gasteiger partial charge in [0.15, 0.2) is 0 Å². The van der Waals surface area contributed by atoms with Crippen molar-refractivity contribution < 1.29 is 28.7 Å². The molecule has 0 saturated carbocycles. The summed E-state index contributed by atoms with van der Waals surface area (Å²) in [6.07, 6.45) is 1.18. The number of carbonyl (C=O) groups is 4. The lowest BCUT2D eigenvalue weighted by molar-refractivity contribution is -0.136. The van der Waals surface area contributed by atoms with Gasteiger partial charge in [0.2, 0.25) is 11.8 Å². The molecule has 0 bridgehead atoms. The monoisotopic (exact) mass is 644 g/mol. The number of rotatable bonds is 13. The molecule has 48 heavy (non-hydrogen) atoms. The van der Waals surface area contributed by atoms with Crippen molar-refractivity contribution >= 4 is 24.0 Å². The molecule has 4 amide bonds. The van der Waals surface area contributed by atoms with Gasteiger partial charge in [-0.2, -0.15) is 0 Å². The molecule has 6 rings (SSSR count). The van der Waals surface area contributed by atoms with Crippen molar-refractivity contribution in [3.63, 3.8) is 0 Å². The van der Waals surface area contributed by atoms with E-state index in [-0.39, 0.29) is 25.0 Å². The fourth-order valence-corrected chi connectivity index (χ4v) is 6.75. The van der Waals surface area contributed by atoms with Crippen LogP contribution < -0.4 is 0 Å². The number of carbonyl (C=O) groups excluding carboxylic acids is 4. The molecule has 0 N–H and O–H groups in total. The van der Waals surface area contributed by atoms with Crippen LogP contribution in [0.5, 0.6) is 0 Å². The zero-order chi connectivity index (χ0) is 33.3. The van der Waals surface area contributed by atoms with Gasteiger partial charge >= 0.3 is 12.2 Å². The van der Waals surface area contributed by atoms with Gasteiger partial charge in [0.25, 0.3) is 0 Å². The molecule has 0 aliphatic carbocycles. The molecule has 2 aliphatic heterocycles. The first-order valence-corrected chi connectivity index (χ1v) is 16.6. The van der Waals surface area contributed by atoms with E-state index in [1.807, 2.05) is 121 Å². The summed E-state index contributed by atoms with van der Waals surface area (Å²) in [4.78, 5) is 57.3. The number of nitrogens with zero attached hydrogens (tertiary/aromatic N) is 2. The van der Waals surface area contributed by atoms with E-state index in [4.69, 9.17) is 9.47 Å². The molecule has 246 valence electrons. The van der Waals surface area contributed by atoms with Crippen LogP contribution in [-0.2, 0) is 44.7 Å². The predicted octanol–water partition coefficient (Wildman–Crippen LogP) is 6.66. The summed E-state index contributed by atoms with van der Waals surface area (Å²) >= 11 is 0. The van der Waals surface area contributed by atoms with Gasteiger partial charge in [-0.1, -0.05) is 121 Å². The van der Waals surface area contributed by atoms with E-state index in [1.54, 1.807) is 0 Å². The van der Waals surface area contributed by atoms with Gasteiger partial charge < -0.3 is 9.47 Å². The van der Waals surface area contributed by atoms with Crippen molar-refractivity contribution in [2.45, 2.75) is 50.6 Å². The number of benzene rings is 4. The summed E-state index contributed by atoms with van der Waals surface area (Å²) in [6.45, 7) is 0.263. The largest absolute Gasteiger partial charge is 0.447 e. The van der Waals surface area contributed by atoms with Gasteiger partial charge in [0.1, 0.15) is 13.2 Å². The molecule has 4 atom stereocenters. The lowest BCUT2D eigenvalue weighted by Crippen LogP contribution is -2.45. The fourth-order valence-electron chi connectivity index (χ4n) is 6.75. The number of hydrogen-bond acceptors (Lipinski definition) is 6. The second kappa shape index (κ2) is 15.6. The Hall–Kier alpha value is -5.24. The summed E-state index contributed by atoms with van der Waals surface area (Å²) in [5.74, 6) is -1.80. The second-order valence-electron chi connectivity index (χ2n) is 12.6. The first-order valence-electron chi connectivity index (χ1n) is 16.6. The van der Waals surface area contributed by atoms with E-state index in [9.17, 15) is 19.2 Å². The van der Waals surface area contributed by atoms with Gasteiger partial charge in [-0.05, 0) is 60.8 Å². The van der Waals surface area contributed by atoms with Crippen LogP contribution in [0, 0.1) is 11.8 Å². The molecule has 2 fully saturated rings. The Balaban J connectivity index is 1.25. The van der Waals surface area contributed by atoms with Crippen LogP contribution in [0.15, 0.2) is 121 Å². The predicted molar refractivity (Wildman–Crippen MR) is 181 cm³/mol. The van der Waals surface area contributed by atoms with Crippen molar-refractivity contribution in [2.75, 3.05) is 13.2 Å². The van der Waals surface area contributed by atoms with E-state index in [1.165, 1.54) is 9.80 Å². The van der Waals surface area contributed by atoms with Gasteiger partial charge in [-0.15, -0.1) is 0 Å². The van der Waals surface area contributed by atoms with Crippen LogP contribution >= 0.6 is 0 Å². The van der Waals surface area contributed by atoms with Crippen LogP contribution in [0.4, 0.5) is 9.59 Å². The third kappa shape index (κ3) is 8.00. The van der Waals surface area contributed by atoms with Gasteiger partial charge in [-0.25, -0.2) is 19.4 Å². The number of hydrogen-bond donors (Lipinski definition) is 0. The molecule has 0 aromatic heterocycles. The smallest absolute Gasteiger partial charge is 0.416 e. The minimum absolute atomic E-state index is 0.131. The highest BCUT2D eigenvalue weighted by Gasteiger charge is 2.43. The normalized spacial score (nSPS) is 18.7. The Bertz CT molecular complexity index is 1560. The third-order valence-electron chi connectivity index (χ3n) is 9.24. The summed E-state index contributed by atoms with van der Waals surface area (Å²) in [5, 5.41) is 0. The van der Waals surface area contributed by atoms with Crippen LogP contribution in [0.2, 0.25) is 0 Å².